The van der Waals surface area contributed by atoms with Gasteiger partial charge >= 0.3 is 0 Å². The molecule has 0 aromatic rings. The maximum absolute atomic E-state index is 12.6. The molecule has 4 heteroatoms. The fourth-order valence-corrected chi connectivity index (χ4v) is 2.80. The Morgan fingerprint density at radius 2 is 1.80 bits per heavy atom. The Bertz CT molecular complexity index is 339. The predicted octanol–water partition coefficient (Wildman–Crippen LogP) is 2.57. The van der Waals surface area contributed by atoms with Gasteiger partial charge in [-0.3, -0.25) is 9.59 Å². The summed E-state index contributed by atoms with van der Waals surface area (Å²) in [5.41, 5.74) is 0. The number of hydrogen-bond donors (Lipinski definition) is 1. The number of piperazine rings is 1. The fourth-order valence-electron chi connectivity index (χ4n) is 2.80. The third-order valence-corrected chi connectivity index (χ3v) is 3.85. The summed E-state index contributed by atoms with van der Waals surface area (Å²) < 4.78 is 0. The van der Waals surface area contributed by atoms with E-state index >= 15 is 0 Å². The molecule has 0 bridgehead atoms. The molecule has 0 saturated carbocycles. The van der Waals surface area contributed by atoms with Crippen molar-refractivity contribution in [2.75, 3.05) is 6.54 Å². The molecular formula is C16H30N2O2. The lowest BCUT2D eigenvalue weighted by molar-refractivity contribution is -0.150. The molecule has 1 N–H and O–H groups in total. The average Bonchev–Trinajstić information content (AvgIpc) is 2.34. The number of amides is 2. The Balaban J connectivity index is 2.72. The second-order valence-electron chi connectivity index (χ2n) is 6.68. The van der Waals surface area contributed by atoms with Crippen LogP contribution >= 0.6 is 0 Å². The molecule has 1 aliphatic heterocycles. The minimum absolute atomic E-state index is 0.0160. The van der Waals surface area contributed by atoms with Gasteiger partial charge in [-0.1, -0.05) is 34.6 Å². The first kappa shape index (κ1) is 17.0. The summed E-state index contributed by atoms with van der Waals surface area (Å²) in [6, 6.07) is -0.609. The van der Waals surface area contributed by atoms with Crippen LogP contribution in [0.5, 0.6) is 0 Å². The molecule has 116 valence electrons. The monoisotopic (exact) mass is 282 g/mol. The summed E-state index contributed by atoms with van der Waals surface area (Å²) >= 11 is 0. The Morgan fingerprint density at radius 3 is 2.30 bits per heavy atom. The number of carbonyl (C=O) groups excluding carboxylic acids is 2. The highest BCUT2D eigenvalue weighted by atomic mass is 16.2. The molecule has 2 amide bonds. The van der Waals surface area contributed by atoms with Gasteiger partial charge in [-0.2, -0.15) is 0 Å². The topological polar surface area (TPSA) is 49.4 Å². The Labute approximate surface area is 123 Å². The van der Waals surface area contributed by atoms with Crippen LogP contribution < -0.4 is 5.32 Å². The summed E-state index contributed by atoms with van der Waals surface area (Å²) in [5.74, 6) is 1.16. The van der Waals surface area contributed by atoms with Gasteiger partial charge in [0.1, 0.15) is 12.1 Å². The van der Waals surface area contributed by atoms with E-state index in [0.717, 1.165) is 19.3 Å². The number of hydrogen-bond acceptors (Lipinski definition) is 2. The maximum Gasteiger partial charge on any atom is 0.245 e. The van der Waals surface area contributed by atoms with Crippen LogP contribution in [0.15, 0.2) is 0 Å². The molecule has 2 unspecified atom stereocenters. The zero-order valence-corrected chi connectivity index (χ0v) is 13.6. The van der Waals surface area contributed by atoms with Crippen molar-refractivity contribution in [2.24, 2.45) is 11.8 Å². The SMILES string of the molecule is CCC1C(=O)NC(CC(C)C)C(=O)N1CCCC(C)C. The van der Waals surface area contributed by atoms with E-state index in [4.69, 9.17) is 0 Å². The highest BCUT2D eigenvalue weighted by Gasteiger charge is 2.39. The molecule has 1 fully saturated rings. The molecule has 0 spiro atoms. The molecular weight excluding hydrogens is 252 g/mol. The van der Waals surface area contributed by atoms with Crippen molar-refractivity contribution in [2.45, 2.75) is 72.4 Å². The van der Waals surface area contributed by atoms with Crippen molar-refractivity contribution in [1.29, 1.82) is 0 Å². The zero-order chi connectivity index (χ0) is 15.3. The number of nitrogens with zero attached hydrogens (tertiary/aromatic N) is 1. The van der Waals surface area contributed by atoms with Gasteiger partial charge in [0.15, 0.2) is 0 Å². The second-order valence-corrected chi connectivity index (χ2v) is 6.68. The fraction of sp³-hybridized carbons (Fsp3) is 0.875. The van der Waals surface area contributed by atoms with E-state index in [1.54, 1.807) is 0 Å². The van der Waals surface area contributed by atoms with Crippen LogP contribution in [0.2, 0.25) is 0 Å². The molecule has 0 radical (unpaired) electrons. The van der Waals surface area contributed by atoms with E-state index in [0.29, 0.717) is 24.8 Å². The van der Waals surface area contributed by atoms with Crippen LogP contribution in [0.25, 0.3) is 0 Å². The van der Waals surface area contributed by atoms with E-state index in [1.807, 2.05) is 11.8 Å². The van der Waals surface area contributed by atoms with Crippen molar-refractivity contribution in [1.82, 2.24) is 10.2 Å². The standard InChI is InChI=1S/C16H30N2O2/c1-6-14-15(19)17-13(10-12(4)5)16(20)18(14)9-7-8-11(2)3/h11-14H,6-10H2,1-5H3,(H,17,19). The quantitative estimate of drug-likeness (QED) is 0.780. The molecule has 4 nitrogen and oxygen atoms in total. The third kappa shape index (κ3) is 4.50. The van der Waals surface area contributed by atoms with Gasteiger partial charge in [0, 0.05) is 6.54 Å². The normalized spacial score (nSPS) is 23.6. The molecule has 1 saturated heterocycles. The highest BCUT2D eigenvalue weighted by Crippen LogP contribution is 2.19. The first-order valence-electron chi connectivity index (χ1n) is 7.97. The molecule has 0 aromatic heterocycles. The van der Waals surface area contributed by atoms with Crippen LogP contribution in [-0.4, -0.2) is 35.3 Å². The van der Waals surface area contributed by atoms with Gasteiger partial charge in [0.2, 0.25) is 11.8 Å². The van der Waals surface area contributed by atoms with E-state index in [1.165, 1.54) is 0 Å². The maximum atomic E-state index is 12.6. The lowest BCUT2D eigenvalue weighted by Gasteiger charge is -2.39. The van der Waals surface area contributed by atoms with Crippen molar-refractivity contribution >= 4 is 11.8 Å². The zero-order valence-electron chi connectivity index (χ0n) is 13.6. The summed E-state index contributed by atoms with van der Waals surface area (Å²) in [6.45, 7) is 11.2. The van der Waals surface area contributed by atoms with Crippen LogP contribution in [-0.2, 0) is 9.59 Å². The lowest BCUT2D eigenvalue weighted by atomic mass is 9.97. The van der Waals surface area contributed by atoms with Crippen LogP contribution in [0.3, 0.4) is 0 Å². The van der Waals surface area contributed by atoms with E-state index in [-0.39, 0.29) is 23.9 Å². The van der Waals surface area contributed by atoms with Gasteiger partial charge in [-0.05, 0) is 37.5 Å². The molecule has 1 heterocycles. The van der Waals surface area contributed by atoms with E-state index in [2.05, 4.69) is 33.0 Å². The Kier molecular flexibility index (Phi) is 6.50. The Morgan fingerprint density at radius 1 is 1.15 bits per heavy atom. The minimum Gasteiger partial charge on any atom is -0.342 e. The van der Waals surface area contributed by atoms with Gasteiger partial charge in [0.05, 0.1) is 0 Å². The lowest BCUT2D eigenvalue weighted by Crippen LogP contribution is -2.63. The van der Waals surface area contributed by atoms with Crippen molar-refractivity contribution in [3.63, 3.8) is 0 Å². The van der Waals surface area contributed by atoms with Gasteiger partial charge in [-0.25, -0.2) is 0 Å². The smallest absolute Gasteiger partial charge is 0.245 e. The number of carbonyl (C=O) groups is 2. The first-order chi connectivity index (χ1) is 9.36. The molecule has 0 aliphatic carbocycles. The Hall–Kier alpha value is -1.06. The van der Waals surface area contributed by atoms with E-state index < -0.39 is 0 Å². The summed E-state index contributed by atoms with van der Waals surface area (Å²) in [6.07, 6.45) is 3.48. The van der Waals surface area contributed by atoms with Crippen molar-refractivity contribution in [3.05, 3.63) is 0 Å². The largest absolute Gasteiger partial charge is 0.342 e. The average molecular weight is 282 g/mol. The van der Waals surface area contributed by atoms with Crippen LogP contribution in [0, 0.1) is 11.8 Å². The predicted molar refractivity (Wildman–Crippen MR) is 81.2 cm³/mol. The molecule has 2 atom stereocenters. The van der Waals surface area contributed by atoms with Crippen molar-refractivity contribution in [3.8, 4) is 0 Å². The van der Waals surface area contributed by atoms with Crippen LogP contribution in [0.1, 0.15) is 60.3 Å². The van der Waals surface area contributed by atoms with Gasteiger partial charge in [-0.15, -0.1) is 0 Å². The molecule has 0 aromatic carbocycles. The summed E-state index contributed by atoms with van der Waals surface area (Å²) in [7, 11) is 0. The van der Waals surface area contributed by atoms with Crippen LogP contribution in [0.4, 0.5) is 0 Å². The minimum atomic E-state index is -0.329. The molecule has 1 aliphatic rings. The summed E-state index contributed by atoms with van der Waals surface area (Å²) in [5, 5.41) is 2.90. The third-order valence-electron chi connectivity index (χ3n) is 3.85. The first-order valence-corrected chi connectivity index (χ1v) is 7.97. The second kappa shape index (κ2) is 7.65. The van der Waals surface area contributed by atoms with E-state index in [9.17, 15) is 9.59 Å². The van der Waals surface area contributed by atoms with Crippen molar-refractivity contribution < 1.29 is 9.59 Å². The number of rotatable bonds is 7. The number of nitrogens with one attached hydrogen (secondary N) is 1. The molecule has 1 rings (SSSR count). The van der Waals surface area contributed by atoms with Gasteiger partial charge in [0.25, 0.3) is 0 Å². The van der Waals surface area contributed by atoms with Gasteiger partial charge < -0.3 is 10.2 Å². The molecule has 20 heavy (non-hydrogen) atoms. The summed E-state index contributed by atoms with van der Waals surface area (Å²) in [4.78, 5) is 26.5. The highest BCUT2D eigenvalue weighted by molar-refractivity contribution is 5.96.